The summed E-state index contributed by atoms with van der Waals surface area (Å²) < 4.78 is 10.4. The van der Waals surface area contributed by atoms with Gasteiger partial charge in [-0.3, -0.25) is 5.32 Å². The second-order valence-electron chi connectivity index (χ2n) is 5.37. The van der Waals surface area contributed by atoms with Crippen LogP contribution < -0.4 is 10.1 Å². The van der Waals surface area contributed by atoms with Gasteiger partial charge in [-0.1, -0.05) is 0 Å². The minimum atomic E-state index is -0.544. The highest BCUT2D eigenvalue weighted by Gasteiger charge is 2.17. The fourth-order valence-corrected chi connectivity index (χ4v) is 1.78. The first-order valence-electron chi connectivity index (χ1n) is 6.32. The number of fused-ring (bicyclic) bond motifs is 1. The summed E-state index contributed by atoms with van der Waals surface area (Å²) in [5.41, 5.74) is -0.544. The average molecular weight is 274 g/mol. The van der Waals surface area contributed by atoms with Gasteiger partial charge in [-0.05, 0) is 50.4 Å². The maximum Gasteiger partial charge on any atom is 0.413 e. The summed E-state index contributed by atoms with van der Waals surface area (Å²) in [6.07, 6.45) is 1.11. The number of ether oxygens (including phenoxy) is 2. The number of carbonyl (C=O) groups excluding carboxylic acids is 1. The summed E-state index contributed by atoms with van der Waals surface area (Å²) >= 11 is 0. The van der Waals surface area contributed by atoms with Crippen LogP contribution in [0.2, 0.25) is 0 Å². The van der Waals surface area contributed by atoms with Crippen LogP contribution in [0.25, 0.3) is 10.8 Å². The average Bonchev–Trinajstić information content (AvgIpc) is 2.36. The number of methoxy groups -OCH3 is 1. The van der Waals surface area contributed by atoms with Crippen LogP contribution in [0, 0.1) is 0 Å². The molecule has 0 aliphatic rings. The Kier molecular flexibility index (Phi) is 3.79. The Bertz CT molecular complexity index is 633. The first kappa shape index (κ1) is 14.1. The third-order valence-electron chi connectivity index (χ3n) is 2.59. The second kappa shape index (κ2) is 5.36. The number of amides is 1. The Hall–Kier alpha value is -2.30. The van der Waals surface area contributed by atoms with Crippen LogP contribution in [0.4, 0.5) is 10.6 Å². The molecule has 0 saturated carbocycles. The number of hydrogen-bond acceptors (Lipinski definition) is 4. The summed E-state index contributed by atoms with van der Waals surface area (Å²) in [6.45, 7) is 5.44. The van der Waals surface area contributed by atoms with Gasteiger partial charge in [0.1, 0.15) is 17.2 Å². The van der Waals surface area contributed by atoms with Gasteiger partial charge in [0.2, 0.25) is 0 Å². The van der Waals surface area contributed by atoms with Crippen molar-refractivity contribution in [1.82, 2.24) is 4.98 Å². The first-order chi connectivity index (χ1) is 9.39. The zero-order valence-corrected chi connectivity index (χ0v) is 12.1. The number of carbonyl (C=O) groups is 1. The molecule has 0 radical (unpaired) electrons. The zero-order valence-electron chi connectivity index (χ0n) is 12.1. The van der Waals surface area contributed by atoms with Crippen LogP contribution in [0.1, 0.15) is 20.8 Å². The predicted molar refractivity (Wildman–Crippen MR) is 78.2 cm³/mol. The lowest BCUT2D eigenvalue weighted by Crippen LogP contribution is -2.27. The highest BCUT2D eigenvalue weighted by atomic mass is 16.6. The molecule has 1 amide bonds. The molecular formula is C15H18N2O3. The Morgan fingerprint density at radius 2 is 2.00 bits per heavy atom. The van der Waals surface area contributed by atoms with Crippen LogP contribution in [0.3, 0.4) is 0 Å². The summed E-state index contributed by atoms with van der Waals surface area (Å²) in [4.78, 5) is 16.0. The Balaban J connectivity index is 2.28. The Morgan fingerprint density at radius 1 is 1.25 bits per heavy atom. The van der Waals surface area contributed by atoms with Gasteiger partial charge in [0.25, 0.3) is 0 Å². The van der Waals surface area contributed by atoms with Crippen LogP contribution in [0.15, 0.2) is 30.5 Å². The van der Waals surface area contributed by atoms with Crippen LogP contribution in [-0.2, 0) is 4.74 Å². The van der Waals surface area contributed by atoms with Crippen molar-refractivity contribution < 1.29 is 14.3 Å². The molecule has 106 valence electrons. The molecule has 0 spiro atoms. The van der Waals surface area contributed by atoms with E-state index < -0.39 is 11.7 Å². The highest BCUT2D eigenvalue weighted by Crippen LogP contribution is 2.25. The molecule has 1 aromatic carbocycles. The van der Waals surface area contributed by atoms with Crippen molar-refractivity contribution in [2.45, 2.75) is 26.4 Å². The number of aromatic nitrogens is 1. The molecule has 0 aliphatic carbocycles. The van der Waals surface area contributed by atoms with Gasteiger partial charge < -0.3 is 9.47 Å². The molecule has 0 fully saturated rings. The van der Waals surface area contributed by atoms with Crippen LogP contribution in [-0.4, -0.2) is 23.8 Å². The lowest BCUT2D eigenvalue weighted by Gasteiger charge is -2.19. The van der Waals surface area contributed by atoms with Crippen molar-refractivity contribution >= 4 is 22.7 Å². The van der Waals surface area contributed by atoms with Gasteiger partial charge in [-0.25, -0.2) is 9.78 Å². The normalized spacial score (nSPS) is 11.2. The predicted octanol–water partition coefficient (Wildman–Crippen LogP) is 3.59. The largest absolute Gasteiger partial charge is 0.497 e. The van der Waals surface area contributed by atoms with Crippen LogP contribution >= 0.6 is 0 Å². The van der Waals surface area contributed by atoms with Gasteiger partial charge in [-0.15, -0.1) is 0 Å². The molecule has 1 aromatic heterocycles. The quantitative estimate of drug-likeness (QED) is 0.909. The minimum absolute atomic E-state index is 0.472. The van der Waals surface area contributed by atoms with E-state index in [4.69, 9.17) is 9.47 Å². The maximum atomic E-state index is 11.8. The molecule has 0 aliphatic heterocycles. The third kappa shape index (κ3) is 3.38. The van der Waals surface area contributed by atoms with E-state index in [0.717, 1.165) is 16.5 Å². The molecule has 1 N–H and O–H groups in total. The van der Waals surface area contributed by atoms with Gasteiger partial charge in [0.05, 0.1) is 7.11 Å². The topological polar surface area (TPSA) is 60.5 Å². The number of benzene rings is 1. The lowest BCUT2D eigenvalue weighted by atomic mass is 10.1. The van der Waals surface area contributed by atoms with E-state index in [-0.39, 0.29) is 0 Å². The standard InChI is InChI=1S/C15H18N2O3/c1-15(2,3)20-14(18)17-13-12-6-5-11(19-4)9-10(12)7-8-16-13/h5-9H,1-4H3,(H,16,17,18). The van der Waals surface area contributed by atoms with Crippen molar-refractivity contribution in [3.05, 3.63) is 30.5 Å². The van der Waals surface area contributed by atoms with E-state index in [0.29, 0.717) is 5.82 Å². The van der Waals surface area contributed by atoms with E-state index in [9.17, 15) is 4.79 Å². The van der Waals surface area contributed by atoms with Crippen molar-refractivity contribution in [1.29, 1.82) is 0 Å². The van der Waals surface area contributed by atoms with Crippen molar-refractivity contribution in [3.63, 3.8) is 0 Å². The molecule has 2 rings (SSSR count). The fourth-order valence-electron chi connectivity index (χ4n) is 1.78. The SMILES string of the molecule is COc1ccc2c(NC(=O)OC(C)(C)C)nccc2c1. The fraction of sp³-hybridized carbons (Fsp3) is 0.333. The smallest absolute Gasteiger partial charge is 0.413 e. The van der Waals surface area contributed by atoms with E-state index in [1.165, 1.54) is 0 Å². The van der Waals surface area contributed by atoms with E-state index >= 15 is 0 Å². The Labute approximate surface area is 117 Å². The van der Waals surface area contributed by atoms with E-state index in [1.807, 2.05) is 45.0 Å². The van der Waals surface area contributed by atoms with Crippen LogP contribution in [0.5, 0.6) is 5.75 Å². The van der Waals surface area contributed by atoms with E-state index in [1.54, 1.807) is 13.3 Å². The van der Waals surface area contributed by atoms with Crippen molar-refractivity contribution in [3.8, 4) is 5.75 Å². The summed E-state index contributed by atoms with van der Waals surface area (Å²) in [5.74, 6) is 1.23. The number of nitrogens with zero attached hydrogens (tertiary/aromatic N) is 1. The first-order valence-corrected chi connectivity index (χ1v) is 6.32. The molecule has 20 heavy (non-hydrogen) atoms. The number of anilines is 1. The monoisotopic (exact) mass is 274 g/mol. The number of nitrogens with one attached hydrogen (secondary N) is 1. The maximum absolute atomic E-state index is 11.8. The molecule has 5 heteroatoms. The number of hydrogen-bond donors (Lipinski definition) is 1. The molecule has 0 atom stereocenters. The Morgan fingerprint density at radius 3 is 2.65 bits per heavy atom. The van der Waals surface area contributed by atoms with Gasteiger partial charge >= 0.3 is 6.09 Å². The molecule has 2 aromatic rings. The van der Waals surface area contributed by atoms with Crippen molar-refractivity contribution in [2.75, 3.05) is 12.4 Å². The van der Waals surface area contributed by atoms with Crippen molar-refractivity contribution in [2.24, 2.45) is 0 Å². The molecule has 0 saturated heterocycles. The second-order valence-corrected chi connectivity index (χ2v) is 5.37. The van der Waals surface area contributed by atoms with Gasteiger partial charge in [0, 0.05) is 11.6 Å². The molecule has 0 bridgehead atoms. The van der Waals surface area contributed by atoms with Gasteiger partial charge in [0.15, 0.2) is 0 Å². The van der Waals surface area contributed by atoms with E-state index in [2.05, 4.69) is 10.3 Å². The number of pyridine rings is 1. The highest BCUT2D eigenvalue weighted by molar-refractivity contribution is 5.98. The molecule has 5 nitrogen and oxygen atoms in total. The molecule has 1 heterocycles. The summed E-state index contributed by atoms with van der Waals surface area (Å²) in [5, 5.41) is 4.43. The minimum Gasteiger partial charge on any atom is -0.497 e. The third-order valence-corrected chi connectivity index (χ3v) is 2.59. The molecule has 0 unspecified atom stereocenters. The lowest BCUT2D eigenvalue weighted by molar-refractivity contribution is 0.0635. The summed E-state index contributed by atoms with van der Waals surface area (Å²) in [6, 6.07) is 7.42. The zero-order chi connectivity index (χ0) is 14.8. The summed E-state index contributed by atoms with van der Waals surface area (Å²) in [7, 11) is 1.61. The number of rotatable bonds is 2. The van der Waals surface area contributed by atoms with Gasteiger partial charge in [-0.2, -0.15) is 0 Å². The molecular weight excluding hydrogens is 256 g/mol.